The van der Waals surface area contributed by atoms with Crippen LogP contribution in [0.1, 0.15) is 30.6 Å². The number of aliphatic hydroxyl groups excluding tert-OH is 1. The monoisotopic (exact) mass is 281 g/mol. The van der Waals surface area contributed by atoms with Crippen LogP contribution in [0, 0.1) is 6.92 Å². The summed E-state index contributed by atoms with van der Waals surface area (Å²) in [6, 6.07) is 5.53. The van der Waals surface area contributed by atoms with Crippen molar-refractivity contribution in [3.05, 3.63) is 29.3 Å². The van der Waals surface area contributed by atoms with Crippen LogP contribution in [0.5, 0.6) is 5.75 Å². The van der Waals surface area contributed by atoms with Gasteiger partial charge in [0.05, 0.1) is 6.10 Å². The van der Waals surface area contributed by atoms with Gasteiger partial charge in [0.15, 0.2) is 6.61 Å². The number of ether oxygens (including phenoxy) is 2. The van der Waals surface area contributed by atoms with Gasteiger partial charge < -0.3 is 19.9 Å². The zero-order chi connectivity index (χ0) is 15.0. The van der Waals surface area contributed by atoms with Gasteiger partial charge in [-0.05, 0) is 31.9 Å². The normalized spacial score (nSPS) is 12.0. The van der Waals surface area contributed by atoms with Crippen molar-refractivity contribution in [3.63, 3.8) is 0 Å². The largest absolute Gasteiger partial charge is 0.483 e. The predicted octanol–water partition coefficient (Wildman–Crippen LogP) is 1.58. The Balaban J connectivity index is 2.48. The summed E-state index contributed by atoms with van der Waals surface area (Å²) in [6.45, 7) is 4.72. The Hall–Kier alpha value is -1.59. The Labute approximate surface area is 119 Å². The summed E-state index contributed by atoms with van der Waals surface area (Å²) in [6.07, 6.45) is 0.140. The highest BCUT2D eigenvalue weighted by Gasteiger charge is 2.11. The molecule has 0 heterocycles. The first-order valence-electron chi connectivity index (χ1n) is 6.71. The summed E-state index contributed by atoms with van der Waals surface area (Å²) in [5, 5.41) is 12.4. The Kier molecular flexibility index (Phi) is 7.04. The van der Waals surface area contributed by atoms with Crippen molar-refractivity contribution < 1.29 is 19.4 Å². The second kappa shape index (κ2) is 8.55. The van der Waals surface area contributed by atoms with Crippen molar-refractivity contribution in [2.75, 3.05) is 26.9 Å². The van der Waals surface area contributed by atoms with E-state index >= 15 is 0 Å². The van der Waals surface area contributed by atoms with E-state index in [9.17, 15) is 9.90 Å². The Morgan fingerprint density at radius 3 is 2.85 bits per heavy atom. The standard InChI is InChI=1S/C15H23NO4/c1-11-5-6-13(12(2)17)14(9-11)20-10-15(18)16-7-4-8-19-3/h5-6,9,12,17H,4,7-8,10H2,1-3H3,(H,16,18). The topological polar surface area (TPSA) is 67.8 Å². The molecule has 0 aliphatic heterocycles. The van der Waals surface area contributed by atoms with Gasteiger partial charge in [-0.15, -0.1) is 0 Å². The fraction of sp³-hybridized carbons (Fsp3) is 0.533. The summed E-state index contributed by atoms with van der Waals surface area (Å²) in [4.78, 5) is 11.6. The fourth-order valence-electron chi connectivity index (χ4n) is 1.75. The molecule has 112 valence electrons. The number of carbonyl (C=O) groups is 1. The van der Waals surface area contributed by atoms with Crippen molar-refractivity contribution in [1.29, 1.82) is 0 Å². The lowest BCUT2D eigenvalue weighted by Gasteiger charge is -2.14. The molecule has 1 aromatic rings. The van der Waals surface area contributed by atoms with Gasteiger partial charge in [0, 0.05) is 25.8 Å². The average Bonchev–Trinajstić information content (AvgIpc) is 2.41. The Morgan fingerprint density at radius 1 is 1.45 bits per heavy atom. The molecule has 0 saturated carbocycles. The highest BCUT2D eigenvalue weighted by molar-refractivity contribution is 5.77. The van der Waals surface area contributed by atoms with E-state index in [0.29, 0.717) is 24.5 Å². The van der Waals surface area contributed by atoms with E-state index in [1.807, 2.05) is 25.1 Å². The number of benzene rings is 1. The van der Waals surface area contributed by atoms with Gasteiger partial charge in [0.25, 0.3) is 5.91 Å². The maximum absolute atomic E-state index is 11.6. The number of hydrogen-bond acceptors (Lipinski definition) is 4. The first-order valence-corrected chi connectivity index (χ1v) is 6.71. The Bertz CT molecular complexity index is 432. The van der Waals surface area contributed by atoms with Gasteiger partial charge in [0.1, 0.15) is 5.75 Å². The van der Waals surface area contributed by atoms with Crippen LogP contribution in [0.2, 0.25) is 0 Å². The smallest absolute Gasteiger partial charge is 0.257 e. The van der Waals surface area contributed by atoms with Crippen LogP contribution in [-0.4, -0.2) is 37.9 Å². The molecule has 20 heavy (non-hydrogen) atoms. The summed E-state index contributed by atoms with van der Waals surface area (Å²) in [5.41, 5.74) is 1.70. The molecule has 0 aromatic heterocycles. The van der Waals surface area contributed by atoms with Crippen LogP contribution in [0.25, 0.3) is 0 Å². The first-order chi connectivity index (χ1) is 9.54. The zero-order valence-corrected chi connectivity index (χ0v) is 12.3. The number of methoxy groups -OCH3 is 1. The van der Waals surface area contributed by atoms with Crippen LogP contribution < -0.4 is 10.1 Å². The zero-order valence-electron chi connectivity index (χ0n) is 12.3. The summed E-state index contributed by atoms with van der Waals surface area (Å²) >= 11 is 0. The number of aryl methyl sites for hydroxylation is 1. The molecule has 0 aliphatic carbocycles. The van der Waals surface area contributed by atoms with Crippen LogP contribution in [-0.2, 0) is 9.53 Å². The third-order valence-corrected chi connectivity index (χ3v) is 2.83. The van der Waals surface area contributed by atoms with E-state index < -0.39 is 6.10 Å². The molecule has 1 atom stereocenters. The molecule has 0 spiro atoms. The fourth-order valence-corrected chi connectivity index (χ4v) is 1.75. The molecule has 2 N–H and O–H groups in total. The maximum atomic E-state index is 11.6. The average molecular weight is 281 g/mol. The molecule has 1 rings (SSSR count). The van der Waals surface area contributed by atoms with Crippen LogP contribution >= 0.6 is 0 Å². The molecular weight excluding hydrogens is 258 g/mol. The van der Waals surface area contributed by atoms with Gasteiger partial charge in [-0.3, -0.25) is 4.79 Å². The quantitative estimate of drug-likeness (QED) is 0.710. The van der Waals surface area contributed by atoms with E-state index in [2.05, 4.69) is 5.32 Å². The van der Waals surface area contributed by atoms with Gasteiger partial charge >= 0.3 is 0 Å². The lowest BCUT2D eigenvalue weighted by Crippen LogP contribution is -2.30. The van der Waals surface area contributed by atoms with Crippen molar-refractivity contribution in [3.8, 4) is 5.75 Å². The van der Waals surface area contributed by atoms with E-state index in [-0.39, 0.29) is 12.5 Å². The molecule has 1 aromatic carbocycles. The van der Waals surface area contributed by atoms with Gasteiger partial charge in [0.2, 0.25) is 0 Å². The third kappa shape index (κ3) is 5.59. The molecule has 5 nitrogen and oxygen atoms in total. The van der Waals surface area contributed by atoms with Gasteiger partial charge in [-0.2, -0.15) is 0 Å². The van der Waals surface area contributed by atoms with Crippen molar-refractivity contribution in [2.45, 2.75) is 26.4 Å². The number of rotatable bonds is 8. The number of hydrogen-bond donors (Lipinski definition) is 2. The van der Waals surface area contributed by atoms with Crippen LogP contribution in [0.4, 0.5) is 0 Å². The second-order valence-corrected chi connectivity index (χ2v) is 4.70. The van der Waals surface area contributed by atoms with Crippen molar-refractivity contribution >= 4 is 5.91 Å². The third-order valence-electron chi connectivity index (χ3n) is 2.83. The minimum Gasteiger partial charge on any atom is -0.483 e. The van der Waals surface area contributed by atoms with E-state index in [0.717, 1.165) is 12.0 Å². The lowest BCUT2D eigenvalue weighted by atomic mass is 10.1. The summed E-state index contributed by atoms with van der Waals surface area (Å²) < 4.78 is 10.4. The number of amides is 1. The second-order valence-electron chi connectivity index (χ2n) is 4.70. The molecule has 0 aliphatic rings. The minimum absolute atomic E-state index is 0.0594. The molecule has 0 saturated heterocycles. The van der Waals surface area contributed by atoms with E-state index in [1.54, 1.807) is 14.0 Å². The van der Waals surface area contributed by atoms with Crippen molar-refractivity contribution in [2.24, 2.45) is 0 Å². The summed E-state index contributed by atoms with van der Waals surface area (Å²) in [7, 11) is 1.63. The molecule has 0 bridgehead atoms. The first kappa shape index (κ1) is 16.5. The lowest BCUT2D eigenvalue weighted by molar-refractivity contribution is -0.123. The molecule has 0 fully saturated rings. The van der Waals surface area contributed by atoms with Gasteiger partial charge in [-0.1, -0.05) is 12.1 Å². The minimum atomic E-state index is -0.629. The number of aliphatic hydroxyl groups is 1. The number of carbonyl (C=O) groups excluding carboxylic acids is 1. The highest BCUT2D eigenvalue weighted by atomic mass is 16.5. The predicted molar refractivity (Wildman–Crippen MR) is 76.8 cm³/mol. The van der Waals surface area contributed by atoms with E-state index in [1.165, 1.54) is 0 Å². The molecule has 5 heteroatoms. The van der Waals surface area contributed by atoms with Gasteiger partial charge in [-0.25, -0.2) is 0 Å². The molecule has 0 radical (unpaired) electrons. The molecule has 1 unspecified atom stereocenters. The summed E-state index contributed by atoms with van der Waals surface area (Å²) in [5.74, 6) is 0.367. The van der Waals surface area contributed by atoms with Crippen LogP contribution in [0.3, 0.4) is 0 Å². The van der Waals surface area contributed by atoms with Crippen molar-refractivity contribution in [1.82, 2.24) is 5.32 Å². The van der Waals surface area contributed by atoms with Crippen LogP contribution in [0.15, 0.2) is 18.2 Å². The number of nitrogens with one attached hydrogen (secondary N) is 1. The molecule has 1 amide bonds. The Morgan fingerprint density at radius 2 is 2.20 bits per heavy atom. The molecular formula is C15H23NO4. The highest BCUT2D eigenvalue weighted by Crippen LogP contribution is 2.26. The SMILES string of the molecule is COCCCNC(=O)COc1cc(C)ccc1C(C)O. The van der Waals surface area contributed by atoms with E-state index in [4.69, 9.17) is 9.47 Å². The maximum Gasteiger partial charge on any atom is 0.257 e.